The Morgan fingerprint density at radius 1 is 1.13 bits per heavy atom. The average molecular weight is 322 g/mol. The van der Waals surface area contributed by atoms with Crippen molar-refractivity contribution in [2.75, 3.05) is 0 Å². The maximum atomic E-state index is 6.36. The van der Waals surface area contributed by atoms with Crippen LogP contribution in [0.1, 0.15) is 15.8 Å². The molecule has 0 aliphatic carbocycles. The Balaban J connectivity index is 2.36. The highest BCUT2D eigenvalue weighted by molar-refractivity contribution is 9.11. The lowest BCUT2D eigenvalue weighted by atomic mass is 10.1. The van der Waals surface area contributed by atoms with Gasteiger partial charge in [0, 0.05) is 9.90 Å². The smallest absolute Gasteiger partial charge is 0.0942 e. The molecule has 1 aromatic carbocycles. The molecule has 0 nitrogen and oxygen atoms in total. The van der Waals surface area contributed by atoms with Crippen LogP contribution in [0.25, 0.3) is 0 Å². The minimum absolute atomic E-state index is 0.171. The molecule has 0 spiro atoms. The van der Waals surface area contributed by atoms with Gasteiger partial charge in [-0.15, -0.1) is 22.9 Å². The summed E-state index contributed by atoms with van der Waals surface area (Å²) < 4.78 is 1.08. The van der Waals surface area contributed by atoms with Gasteiger partial charge in [-0.3, -0.25) is 0 Å². The largest absolute Gasteiger partial charge is 0.131 e. The lowest BCUT2D eigenvalue weighted by molar-refractivity contribution is 1.18. The standard InChI is InChI=1S/C11H7BrCl2S/c12-10-6-5-9(15-10)11(14)7-3-1-2-4-8(7)13/h1-6,11H. The van der Waals surface area contributed by atoms with Gasteiger partial charge >= 0.3 is 0 Å². The van der Waals surface area contributed by atoms with Crippen LogP contribution < -0.4 is 0 Å². The Hall–Kier alpha value is -0.0200. The Morgan fingerprint density at radius 2 is 1.87 bits per heavy atom. The Bertz CT molecular complexity index is 467. The molecule has 4 heteroatoms. The molecule has 0 radical (unpaired) electrons. The minimum Gasteiger partial charge on any atom is -0.131 e. The van der Waals surface area contributed by atoms with Crippen LogP contribution in [0.3, 0.4) is 0 Å². The fraction of sp³-hybridized carbons (Fsp3) is 0.0909. The highest BCUT2D eigenvalue weighted by Gasteiger charge is 2.15. The van der Waals surface area contributed by atoms with Gasteiger partial charge in [-0.25, -0.2) is 0 Å². The topological polar surface area (TPSA) is 0 Å². The summed E-state index contributed by atoms with van der Waals surface area (Å²) >= 11 is 17.5. The van der Waals surface area contributed by atoms with Crippen LogP contribution in [0.5, 0.6) is 0 Å². The van der Waals surface area contributed by atoms with Gasteiger partial charge in [-0.2, -0.15) is 0 Å². The van der Waals surface area contributed by atoms with E-state index in [0.717, 1.165) is 14.2 Å². The first-order valence-electron chi connectivity index (χ1n) is 4.32. The van der Waals surface area contributed by atoms with Crippen molar-refractivity contribution in [3.05, 3.63) is 55.6 Å². The van der Waals surface area contributed by atoms with E-state index in [-0.39, 0.29) is 5.38 Å². The first-order valence-corrected chi connectivity index (χ1v) is 6.74. The first kappa shape index (κ1) is 11.5. The molecule has 0 amide bonds. The molecule has 0 aliphatic rings. The maximum absolute atomic E-state index is 6.36. The van der Waals surface area contributed by atoms with Crippen LogP contribution in [-0.2, 0) is 0 Å². The van der Waals surface area contributed by atoms with Crippen molar-refractivity contribution >= 4 is 50.5 Å². The van der Waals surface area contributed by atoms with Crippen LogP contribution in [0.15, 0.2) is 40.2 Å². The lowest BCUT2D eigenvalue weighted by Crippen LogP contribution is -1.90. The van der Waals surface area contributed by atoms with E-state index in [1.54, 1.807) is 11.3 Å². The van der Waals surface area contributed by atoms with E-state index < -0.39 is 0 Å². The van der Waals surface area contributed by atoms with Gasteiger partial charge in [0.1, 0.15) is 0 Å². The van der Waals surface area contributed by atoms with Crippen LogP contribution >= 0.6 is 50.5 Å². The second-order valence-electron chi connectivity index (χ2n) is 3.03. The zero-order chi connectivity index (χ0) is 10.8. The Morgan fingerprint density at radius 3 is 2.47 bits per heavy atom. The molecule has 1 aromatic heterocycles. The summed E-state index contributed by atoms with van der Waals surface area (Å²) in [5.41, 5.74) is 0.954. The molecule has 1 atom stereocenters. The molecule has 78 valence electrons. The molecule has 2 rings (SSSR count). The number of hydrogen-bond acceptors (Lipinski definition) is 1. The van der Waals surface area contributed by atoms with Crippen LogP contribution in [0.2, 0.25) is 5.02 Å². The molecule has 0 aliphatic heterocycles. The molecule has 0 saturated carbocycles. The average Bonchev–Trinajstić information content (AvgIpc) is 2.65. The van der Waals surface area contributed by atoms with Gasteiger partial charge in [-0.05, 0) is 39.7 Å². The SMILES string of the molecule is Clc1ccccc1C(Cl)c1ccc(Br)s1. The van der Waals surface area contributed by atoms with Crippen molar-refractivity contribution in [1.29, 1.82) is 0 Å². The van der Waals surface area contributed by atoms with E-state index in [2.05, 4.69) is 15.9 Å². The molecule has 2 aromatic rings. The first-order chi connectivity index (χ1) is 7.18. The van der Waals surface area contributed by atoms with Crippen molar-refractivity contribution in [3.63, 3.8) is 0 Å². The summed E-state index contributed by atoms with van der Waals surface area (Å²) in [6, 6.07) is 11.7. The van der Waals surface area contributed by atoms with Crippen molar-refractivity contribution in [1.82, 2.24) is 0 Å². The third-order valence-electron chi connectivity index (χ3n) is 2.02. The van der Waals surface area contributed by atoms with Crippen molar-refractivity contribution in [2.45, 2.75) is 5.38 Å². The summed E-state index contributed by atoms with van der Waals surface area (Å²) in [5, 5.41) is 0.539. The van der Waals surface area contributed by atoms with E-state index in [1.807, 2.05) is 36.4 Å². The van der Waals surface area contributed by atoms with Gasteiger partial charge < -0.3 is 0 Å². The highest BCUT2D eigenvalue weighted by Crippen LogP contribution is 2.38. The number of thiophene rings is 1. The number of benzene rings is 1. The molecule has 15 heavy (non-hydrogen) atoms. The van der Waals surface area contributed by atoms with Crippen LogP contribution in [0.4, 0.5) is 0 Å². The third kappa shape index (κ3) is 2.56. The Labute approximate surface area is 111 Å². The Kier molecular flexibility index (Phi) is 3.73. The summed E-state index contributed by atoms with van der Waals surface area (Å²) in [7, 11) is 0. The van der Waals surface area contributed by atoms with Crippen molar-refractivity contribution in [2.24, 2.45) is 0 Å². The van der Waals surface area contributed by atoms with Crippen molar-refractivity contribution < 1.29 is 0 Å². The molecular formula is C11H7BrCl2S. The van der Waals surface area contributed by atoms with Gasteiger partial charge in [0.05, 0.1) is 9.16 Å². The zero-order valence-electron chi connectivity index (χ0n) is 7.58. The zero-order valence-corrected chi connectivity index (χ0v) is 11.5. The van der Waals surface area contributed by atoms with E-state index in [1.165, 1.54) is 0 Å². The highest BCUT2D eigenvalue weighted by atomic mass is 79.9. The molecule has 1 unspecified atom stereocenters. The van der Waals surface area contributed by atoms with Gasteiger partial charge in [0.15, 0.2) is 0 Å². The molecule has 0 saturated heterocycles. The number of rotatable bonds is 2. The fourth-order valence-electron chi connectivity index (χ4n) is 1.30. The van der Waals surface area contributed by atoms with Gasteiger partial charge in [0.2, 0.25) is 0 Å². The van der Waals surface area contributed by atoms with Crippen molar-refractivity contribution in [3.8, 4) is 0 Å². The fourth-order valence-corrected chi connectivity index (χ4v) is 3.42. The monoisotopic (exact) mass is 320 g/mol. The van der Waals surface area contributed by atoms with Gasteiger partial charge in [0.25, 0.3) is 0 Å². The molecule has 0 fully saturated rings. The molecule has 0 N–H and O–H groups in total. The second-order valence-corrected chi connectivity index (χ2v) is 6.36. The van der Waals surface area contributed by atoms with E-state index in [0.29, 0.717) is 5.02 Å². The summed E-state index contributed by atoms with van der Waals surface area (Å²) in [4.78, 5) is 1.09. The summed E-state index contributed by atoms with van der Waals surface area (Å²) in [6.07, 6.45) is 0. The number of halogens is 3. The van der Waals surface area contributed by atoms with Gasteiger partial charge in [-0.1, -0.05) is 29.8 Å². The molecule has 0 bridgehead atoms. The van der Waals surface area contributed by atoms with Crippen LogP contribution in [-0.4, -0.2) is 0 Å². The van der Waals surface area contributed by atoms with E-state index in [4.69, 9.17) is 23.2 Å². The molecular weight excluding hydrogens is 315 g/mol. The maximum Gasteiger partial charge on any atom is 0.0942 e. The third-order valence-corrected chi connectivity index (χ3v) is 4.65. The quantitative estimate of drug-likeness (QED) is 0.641. The number of alkyl halides is 1. The summed E-state index contributed by atoms with van der Waals surface area (Å²) in [6.45, 7) is 0. The predicted octanol–water partition coefficient (Wildman–Crippen LogP) is 5.49. The number of hydrogen-bond donors (Lipinski definition) is 0. The predicted molar refractivity (Wildman–Crippen MR) is 71.2 cm³/mol. The van der Waals surface area contributed by atoms with E-state index in [9.17, 15) is 0 Å². The molecule has 1 heterocycles. The summed E-state index contributed by atoms with van der Waals surface area (Å²) in [5.74, 6) is 0. The normalized spacial score (nSPS) is 12.7. The lowest BCUT2D eigenvalue weighted by Gasteiger charge is -2.09. The minimum atomic E-state index is -0.171. The second kappa shape index (κ2) is 4.88. The van der Waals surface area contributed by atoms with E-state index >= 15 is 0 Å². The van der Waals surface area contributed by atoms with Crippen LogP contribution in [0, 0.1) is 0 Å².